The van der Waals surface area contributed by atoms with Gasteiger partial charge in [0, 0.05) is 32.7 Å². The Kier molecular flexibility index (Phi) is 6.80. The Hall–Kier alpha value is -1.44. The van der Waals surface area contributed by atoms with E-state index in [1.54, 1.807) is 26.2 Å². The third-order valence-corrected chi connectivity index (χ3v) is 4.28. The predicted octanol–water partition coefficient (Wildman–Crippen LogP) is 0.666. The average Bonchev–Trinajstić information content (AvgIpc) is 2.46. The number of sulfonamides is 1. The smallest absolute Gasteiger partial charge is 0.253 e. The van der Waals surface area contributed by atoms with Gasteiger partial charge < -0.3 is 10.2 Å². The molecule has 0 aromatic heterocycles. The lowest BCUT2D eigenvalue weighted by atomic mass is 10.2. The average molecular weight is 313 g/mol. The Labute approximate surface area is 126 Å². The normalized spacial score (nSPS) is 11.4. The van der Waals surface area contributed by atoms with Crippen molar-refractivity contribution in [3.05, 3.63) is 29.8 Å². The minimum Gasteiger partial charge on any atom is -0.345 e. The van der Waals surface area contributed by atoms with Crippen LogP contribution in [0.4, 0.5) is 0 Å². The first-order chi connectivity index (χ1) is 9.88. The van der Waals surface area contributed by atoms with E-state index < -0.39 is 10.0 Å². The first-order valence-corrected chi connectivity index (χ1v) is 8.39. The Morgan fingerprint density at radius 2 is 1.90 bits per heavy atom. The molecule has 0 fully saturated rings. The van der Waals surface area contributed by atoms with Crippen LogP contribution in [0.2, 0.25) is 0 Å². The van der Waals surface area contributed by atoms with E-state index >= 15 is 0 Å². The summed E-state index contributed by atoms with van der Waals surface area (Å²) in [7, 11) is -0.338. The molecule has 0 aliphatic rings. The molecule has 1 aromatic rings. The van der Waals surface area contributed by atoms with Gasteiger partial charge in [0.05, 0.1) is 4.90 Å². The summed E-state index contributed by atoms with van der Waals surface area (Å²) in [4.78, 5) is 13.4. The molecule has 0 aliphatic heterocycles. The van der Waals surface area contributed by atoms with Crippen LogP contribution in [0.3, 0.4) is 0 Å². The van der Waals surface area contributed by atoms with Crippen LogP contribution in [-0.4, -0.2) is 53.0 Å². The van der Waals surface area contributed by atoms with E-state index in [0.29, 0.717) is 18.7 Å². The van der Waals surface area contributed by atoms with Crippen LogP contribution in [0.1, 0.15) is 23.7 Å². The third kappa shape index (κ3) is 5.45. The molecule has 21 heavy (non-hydrogen) atoms. The largest absolute Gasteiger partial charge is 0.345 e. The predicted molar refractivity (Wildman–Crippen MR) is 82.8 cm³/mol. The first kappa shape index (κ1) is 17.6. The fourth-order valence-corrected chi connectivity index (χ4v) is 2.79. The highest BCUT2D eigenvalue weighted by Gasteiger charge is 2.16. The van der Waals surface area contributed by atoms with Gasteiger partial charge in [0.15, 0.2) is 0 Å². The van der Waals surface area contributed by atoms with Gasteiger partial charge in [-0.2, -0.15) is 0 Å². The molecule has 1 aromatic carbocycles. The SMILES string of the molecule is CCCNCCNS(=O)(=O)c1cccc(C(=O)N(C)C)c1. The molecular formula is C14H23N3O3S. The number of carbonyl (C=O) groups is 1. The summed E-state index contributed by atoms with van der Waals surface area (Å²) in [5.74, 6) is -0.225. The van der Waals surface area contributed by atoms with Gasteiger partial charge in [0.25, 0.3) is 5.91 Å². The molecule has 0 unspecified atom stereocenters. The van der Waals surface area contributed by atoms with E-state index in [0.717, 1.165) is 13.0 Å². The molecule has 7 heteroatoms. The molecule has 0 radical (unpaired) electrons. The molecule has 6 nitrogen and oxygen atoms in total. The summed E-state index contributed by atoms with van der Waals surface area (Å²) in [6.45, 7) is 3.79. The van der Waals surface area contributed by atoms with Crippen LogP contribution in [0, 0.1) is 0 Å². The van der Waals surface area contributed by atoms with Gasteiger partial charge >= 0.3 is 0 Å². The van der Waals surface area contributed by atoms with Crippen molar-refractivity contribution in [3.8, 4) is 0 Å². The van der Waals surface area contributed by atoms with Crippen LogP contribution in [-0.2, 0) is 10.0 Å². The second kappa shape index (κ2) is 8.11. The number of carbonyl (C=O) groups excluding carboxylic acids is 1. The molecule has 0 spiro atoms. The van der Waals surface area contributed by atoms with Crippen molar-refractivity contribution in [1.29, 1.82) is 0 Å². The molecule has 0 saturated carbocycles. The van der Waals surface area contributed by atoms with E-state index in [1.807, 2.05) is 6.92 Å². The number of hydrogen-bond acceptors (Lipinski definition) is 4. The number of nitrogens with one attached hydrogen (secondary N) is 2. The summed E-state index contributed by atoms with van der Waals surface area (Å²) in [6.07, 6.45) is 1.00. The molecule has 2 N–H and O–H groups in total. The van der Waals surface area contributed by atoms with Crippen molar-refractivity contribution < 1.29 is 13.2 Å². The van der Waals surface area contributed by atoms with Gasteiger partial charge in [-0.05, 0) is 31.2 Å². The molecule has 1 rings (SSSR count). The van der Waals surface area contributed by atoms with Crippen LogP contribution in [0.5, 0.6) is 0 Å². The Morgan fingerprint density at radius 3 is 2.52 bits per heavy atom. The van der Waals surface area contributed by atoms with E-state index in [1.165, 1.54) is 17.0 Å². The Balaban J connectivity index is 2.75. The minimum atomic E-state index is -3.59. The maximum atomic E-state index is 12.1. The Morgan fingerprint density at radius 1 is 1.19 bits per heavy atom. The Bertz CT molecular complexity index is 571. The molecule has 0 heterocycles. The quantitative estimate of drug-likeness (QED) is 0.691. The lowest BCUT2D eigenvalue weighted by Gasteiger charge is -2.12. The topological polar surface area (TPSA) is 78.5 Å². The maximum Gasteiger partial charge on any atom is 0.253 e. The summed E-state index contributed by atoms with van der Waals surface area (Å²) < 4.78 is 26.8. The molecule has 0 saturated heterocycles. The van der Waals surface area contributed by atoms with Gasteiger partial charge in [-0.25, -0.2) is 13.1 Å². The van der Waals surface area contributed by atoms with Crippen LogP contribution < -0.4 is 10.0 Å². The minimum absolute atomic E-state index is 0.102. The van der Waals surface area contributed by atoms with Crippen LogP contribution in [0.25, 0.3) is 0 Å². The molecule has 0 bridgehead atoms. The molecule has 0 aliphatic carbocycles. The second-order valence-electron chi connectivity index (χ2n) is 4.88. The van der Waals surface area contributed by atoms with Crippen molar-refractivity contribution >= 4 is 15.9 Å². The highest BCUT2D eigenvalue weighted by molar-refractivity contribution is 7.89. The van der Waals surface area contributed by atoms with Crippen molar-refractivity contribution in [1.82, 2.24) is 14.9 Å². The number of amides is 1. The summed E-state index contributed by atoms with van der Waals surface area (Å²) in [5, 5.41) is 3.12. The lowest BCUT2D eigenvalue weighted by Crippen LogP contribution is -2.32. The third-order valence-electron chi connectivity index (χ3n) is 2.82. The van der Waals surface area contributed by atoms with Gasteiger partial charge in [-0.15, -0.1) is 0 Å². The summed E-state index contributed by atoms with van der Waals surface area (Å²) in [6, 6.07) is 6.04. The highest BCUT2D eigenvalue weighted by atomic mass is 32.2. The number of rotatable bonds is 8. The van der Waals surface area contributed by atoms with Gasteiger partial charge in [-0.3, -0.25) is 4.79 Å². The van der Waals surface area contributed by atoms with Gasteiger partial charge in [0.1, 0.15) is 0 Å². The molecule has 0 atom stereocenters. The van der Waals surface area contributed by atoms with E-state index in [2.05, 4.69) is 10.0 Å². The standard InChI is InChI=1S/C14H23N3O3S/c1-4-8-15-9-10-16-21(19,20)13-7-5-6-12(11-13)14(18)17(2)3/h5-7,11,15-16H,4,8-10H2,1-3H3. The van der Waals surface area contributed by atoms with Crippen molar-refractivity contribution in [2.45, 2.75) is 18.2 Å². The number of nitrogens with zero attached hydrogens (tertiary/aromatic N) is 1. The summed E-state index contributed by atoms with van der Waals surface area (Å²) >= 11 is 0. The fraction of sp³-hybridized carbons (Fsp3) is 0.500. The van der Waals surface area contributed by atoms with E-state index in [9.17, 15) is 13.2 Å². The van der Waals surface area contributed by atoms with Crippen molar-refractivity contribution in [2.75, 3.05) is 33.7 Å². The zero-order valence-electron chi connectivity index (χ0n) is 12.7. The maximum absolute atomic E-state index is 12.1. The van der Waals surface area contributed by atoms with Gasteiger partial charge in [0.2, 0.25) is 10.0 Å². The number of hydrogen-bond donors (Lipinski definition) is 2. The van der Waals surface area contributed by atoms with Gasteiger partial charge in [-0.1, -0.05) is 13.0 Å². The zero-order chi connectivity index (χ0) is 15.9. The van der Waals surface area contributed by atoms with E-state index in [4.69, 9.17) is 0 Å². The first-order valence-electron chi connectivity index (χ1n) is 6.90. The van der Waals surface area contributed by atoms with Crippen molar-refractivity contribution in [3.63, 3.8) is 0 Å². The number of benzene rings is 1. The fourth-order valence-electron chi connectivity index (χ4n) is 1.71. The van der Waals surface area contributed by atoms with Crippen LogP contribution >= 0.6 is 0 Å². The molecular weight excluding hydrogens is 290 g/mol. The van der Waals surface area contributed by atoms with Crippen LogP contribution in [0.15, 0.2) is 29.2 Å². The van der Waals surface area contributed by atoms with E-state index in [-0.39, 0.29) is 10.8 Å². The zero-order valence-corrected chi connectivity index (χ0v) is 13.5. The molecule has 1 amide bonds. The molecule has 118 valence electrons. The highest BCUT2D eigenvalue weighted by Crippen LogP contribution is 2.12. The van der Waals surface area contributed by atoms with Crippen molar-refractivity contribution in [2.24, 2.45) is 0 Å². The summed E-state index contributed by atoms with van der Waals surface area (Å²) in [5.41, 5.74) is 0.354. The second-order valence-corrected chi connectivity index (χ2v) is 6.64. The lowest BCUT2D eigenvalue weighted by molar-refractivity contribution is 0.0827. The monoisotopic (exact) mass is 313 g/mol.